The molecule has 0 amide bonds. The first-order valence-corrected chi connectivity index (χ1v) is 4.61. The van der Waals surface area contributed by atoms with Gasteiger partial charge in [-0.25, -0.2) is 0 Å². The topological polar surface area (TPSA) is 95.2 Å². The summed E-state index contributed by atoms with van der Waals surface area (Å²) < 4.78 is 0. The molecule has 0 aliphatic heterocycles. The molecule has 1 saturated carbocycles. The minimum atomic E-state index is -1.17. The van der Waals surface area contributed by atoms with E-state index in [2.05, 4.69) is 4.79 Å². The van der Waals surface area contributed by atoms with E-state index in [1.165, 1.54) is 0 Å². The van der Waals surface area contributed by atoms with Crippen LogP contribution >= 0.6 is 0 Å². The summed E-state index contributed by atoms with van der Waals surface area (Å²) in [7, 11) is 0. The summed E-state index contributed by atoms with van der Waals surface area (Å²) in [6, 6.07) is 0. The summed E-state index contributed by atoms with van der Waals surface area (Å²) in [6.07, 6.45) is 3.60. The molecule has 2 unspecified atom stereocenters. The highest BCUT2D eigenvalue weighted by atomic mass is 16.4. The zero-order valence-corrected chi connectivity index (χ0v) is 7.73. The number of carbonyl (C=O) groups is 2. The van der Waals surface area contributed by atoms with Gasteiger partial charge in [0.25, 0.3) is 0 Å². The Balaban J connectivity index is 2.76. The first kappa shape index (κ1) is 10.6. The van der Waals surface area contributed by atoms with Gasteiger partial charge >= 0.3 is 6.21 Å². The standard InChI is InChI=1S/C9H12N2O3/c10-11-5-8(12)6-3-1-2-4-7(6)9(13)14/h5-7,10H,1-4H2. The molecule has 5 heteroatoms. The number of hydrogen-bond donors (Lipinski definition) is 1. The lowest BCUT2D eigenvalue weighted by Gasteiger charge is -2.29. The molecule has 14 heavy (non-hydrogen) atoms. The van der Waals surface area contributed by atoms with Crippen molar-refractivity contribution in [1.82, 2.24) is 0 Å². The molecule has 0 bridgehead atoms. The number of nitrogens with one attached hydrogen (secondary N) is 1. The lowest BCUT2D eigenvalue weighted by atomic mass is 9.77. The summed E-state index contributed by atoms with van der Waals surface area (Å²) in [6.45, 7) is 0. The van der Waals surface area contributed by atoms with E-state index >= 15 is 0 Å². The number of carboxylic acids is 1. The fraction of sp³-hybridized carbons (Fsp3) is 0.667. The number of hydrogen-bond acceptors (Lipinski definition) is 4. The van der Waals surface area contributed by atoms with Crippen molar-refractivity contribution in [1.29, 1.82) is 5.53 Å². The molecular weight excluding hydrogens is 184 g/mol. The molecule has 76 valence electrons. The van der Waals surface area contributed by atoms with Crippen LogP contribution in [0, 0.1) is 17.4 Å². The van der Waals surface area contributed by atoms with E-state index in [1.807, 2.05) is 0 Å². The average molecular weight is 196 g/mol. The summed E-state index contributed by atoms with van der Waals surface area (Å²) in [5.74, 6) is -2.77. The van der Waals surface area contributed by atoms with Crippen LogP contribution in [0.25, 0.3) is 0 Å². The van der Waals surface area contributed by atoms with E-state index in [9.17, 15) is 14.7 Å². The van der Waals surface area contributed by atoms with Crippen LogP contribution < -0.4 is 5.11 Å². The van der Waals surface area contributed by atoms with Gasteiger partial charge in [0.05, 0.1) is 10.3 Å². The number of carboxylic acid groups (broad SMARTS) is 1. The maximum atomic E-state index is 11.4. The molecule has 1 aliphatic carbocycles. The van der Waals surface area contributed by atoms with Gasteiger partial charge in [-0.2, -0.15) is 0 Å². The van der Waals surface area contributed by atoms with Gasteiger partial charge in [0, 0.05) is 17.8 Å². The second kappa shape index (κ2) is 4.67. The first-order chi connectivity index (χ1) is 6.66. The van der Waals surface area contributed by atoms with E-state index in [4.69, 9.17) is 5.53 Å². The SMILES string of the molecule is N=[N+]=CC(=O)C1CCCCC1C(=O)[O-]. The molecule has 0 radical (unpaired) electrons. The fourth-order valence-corrected chi connectivity index (χ4v) is 1.91. The predicted molar refractivity (Wildman–Crippen MR) is 44.5 cm³/mol. The number of rotatable bonds is 3. The van der Waals surface area contributed by atoms with Gasteiger partial charge in [-0.15, -0.1) is 0 Å². The van der Waals surface area contributed by atoms with Crippen molar-refractivity contribution < 1.29 is 19.5 Å². The highest BCUT2D eigenvalue weighted by Crippen LogP contribution is 2.29. The molecular formula is C9H12N2O3. The van der Waals surface area contributed by atoms with Gasteiger partial charge in [0.1, 0.15) is 0 Å². The Labute approximate surface area is 81.4 Å². The fourth-order valence-electron chi connectivity index (χ4n) is 1.91. The lowest BCUT2D eigenvalue weighted by Crippen LogP contribution is -2.41. The maximum absolute atomic E-state index is 11.4. The van der Waals surface area contributed by atoms with Crippen molar-refractivity contribution in [2.24, 2.45) is 11.8 Å². The normalized spacial score (nSPS) is 26.3. The van der Waals surface area contributed by atoms with Crippen molar-refractivity contribution in [3.8, 4) is 0 Å². The smallest absolute Gasteiger partial charge is 0.372 e. The Morgan fingerprint density at radius 2 is 1.86 bits per heavy atom. The van der Waals surface area contributed by atoms with E-state index in [0.717, 1.165) is 19.1 Å². The quantitative estimate of drug-likeness (QED) is 0.371. The van der Waals surface area contributed by atoms with E-state index < -0.39 is 17.8 Å². The largest absolute Gasteiger partial charge is 0.550 e. The van der Waals surface area contributed by atoms with Gasteiger partial charge in [-0.3, -0.25) is 4.79 Å². The Morgan fingerprint density at radius 3 is 2.36 bits per heavy atom. The molecule has 0 aromatic carbocycles. The number of Topliss-reactive ketones (excluding diaryl/α,β-unsaturated/α-hetero) is 1. The summed E-state index contributed by atoms with van der Waals surface area (Å²) in [4.78, 5) is 24.9. The third-order valence-corrected chi connectivity index (χ3v) is 2.63. The Morgan fingerprint density at radius 1 is 1.29 bits per heavy atom. The summed E-state index contributed by atoms with van der Waals surface area (Å²) >= 11 is 0. The van der Waals surface area contributed by atoms with Gasteiger partial charge in [-0.05, 0) is 12.8 Å². The monoisotopic (exact) mass is 196 g/mol. The van der Waals surface area contributed by atoms with Crippen molar-refractivity contribution in [2.75, 3.05) is 0 Å². The highest BCUT2D eigenvalue weighted by molar-refractivity contribution is 6.26. The van der Waals surface area contributed by atoms with Gasteiger partial charge in [-0.1, -0.05) is 12.8 Å². The molecule has 1 fully saturated rings. The Hall–Kier alpha value is -1.48. The highest BCUT2D eigenvalue weighted by Gasteiger charge is 2.32. The van der Waals surface area contributed by atoms with Crippen LogP contribution in [0.3, 0.4) is 0 Å². The van der Waals surface area contributed by atoms with Gasteiger partial charge in [0.2, 0.25) is 5.78 Å². The minimum absolute atomic E-state index is 0.367. The molecule has 1 rings (SSSR count). The van der Waals surface area contributed by atoms with Gasteiger partial charge < -0.3 is 9.90 Å². The van der Waals surface area contributed by atoms with Crippen molar-refractivity contribution in [3.63, 3.8) is 0 Å². The van der Waals surface area contributed by atoms with E-state index in [1.54, 1.807) is 0 Å². The average Bonchev–Trinajstić information content (AvgIpc) is 2.18. The van der Waals surface area contributed by atoms with E-state index in [-0.39, 0.29) is 5.78 Å². The molecule has 0 saturated heterocycles. The van der Waals surface area contributed by atoms with Crippen LogP contribution in [0.5, 0.6) is 0 Å². The number of nitrogens with zero attached hydrogens (tertiary/aromatic N) is 1. The molecule has 1 aliphatic rings. The molecule has 0 aromatic rings. The van der Waals surface area contributed by atoms with Crippen LogP contribution in [0.2, 0.25) is 0 Å². The van der Waals surface area contributed by atoms with Crippen LogP contribution in [0.15, 0.2) is 0 Å². The number of aliphatic carboxylic acids is 1. The Bertz CT molecular complexity index is 294. The zero-order chi connectivity index (χ0) is 10.6. The Kier molecular flexibility index (Phi) is 3.54. The third-order valence-electron chi connectivity index (χ3n) is 2.63. The van der Waals surface area contributed by atoms with Crippen molar-refractivity contribution in [2.45, 2.75) is 25.7 Å². The molecule has 0 spiro atoms. The molecule has 1 N–H and O–H groups in total. The lowest BCUT2D eigenvalue weighted by molar-refractivity contribution is -0.313. The zero-order valence-electron chi connectivity index (χ0n) is 7.73. The van der Waals surface area contributed by atoms with Crippen LogP contribution in [-0.2, 0) is 9.59 Å². The molecule has 0 heterocycles. The van der Waals surface area contributed by atoms with Crippen molar-refractivity contribution in [3.05, 3.63) is 0 Å². The first-order valence-electron chi connectivity index (χ1n) is 4.61. The predicted octanol–water partition coefficient (Wildman–Crippen LogP) is -0.578. The molecule has 2 atom stereocenters. The van der Waals surface area contributed by atoms with Crippen LogP contribution in [0.4, 0.5) is 0 Å². The molecule has 0 aromatic heterocycles. The summed E-state index contributed by atoms with van der Waals surface area (Å²) in [5.41, 5.74) is 6.51. The molecule has 5 nitrogen and oxygen atoms in total. The van der Waals surface area contributed by atoms with Gasteiger partial charge in [0.15, 0.2) is 0 Å². The van der Waals surface area contributed by atoms with Crippen LogP contribution in [-0.4, -0.2) is 22.8 Å². The second-order valence-corrected chi connectivity index (χ2v) is 3.48. The maximum Gasteiger partial charge on any atom is 0.372 e. The van der Waals surface area contributed by atoms with Crippen molar-refractivity contribution >= 4 is 18.0 Å². The van der Waals surface area contributed by atoms with E-state index in [0.29, 0.717) is 12.8 Å². The summed E-state index contributed by atoms with van der Waals surface area (Å²) in [5, 5.41) is 10.7. The van der Waals surface area contributed by atoms with Crippen LogP contribution in [0.1, 0.15) is 25.7 Å². The minimum Gasteiger partial charge on any atom is -0.550 e. The second-order valence-electron chi connectivity index (χ2n) is 3.48. The number of carbonyl (C=O) groups excluding carboxylic acids is 2. The third kappa shape index (κ3) is 2.26. The number of ketones is 1.